The van der Waals surface area contributed by atoms with Gasteiger partial charge in [0.15, 0.2) is 0 Å². The summed E-state index contributed by atoms with van der Waals surface area (Å²) in [5.74, 6) is 1.33. The van der Waals surface area contributed by atoms with Crippen LogP contribution in [0.5, 0.6) is 0 Å². The summed E-state index contributed by atoms with van der Waals surface area (Å²) < 4.78 is 28.9. The highest BCUT2D eigenvalue weighted by Crippen LogP contribution is 2.65. The molecule has 3 aliphatic rings. The van der Waals surface area contributed by atoms with Crippen LogP contribution in [0.3, 0.4) is 0 Å². The van der Waals surface area contributed by atoms with E-state index in [4.69, 9.17) is 4.18 Å². The Kier molecular flexibility index (Phi) is 1.74. The zero-order valence-corrected chi connectivity index (χ0v) is 10.3. The number of hydrogen-bond donors (Lipinski definition) is 0. The van der Waals surface area contributed by atoms with Gasteiger partial charge in [0.25, 0.3) is 10.1 Å². The second-order valence-electron chi connectivity index (χ2n) is 5.90. The van der Waals surface area contributed by atoms with Gasteiger partial charge in [0.2, 0.25) is 0 Å². The van der Waals surface area contributed by atoms with Gasteiger partial charge < -0.3 is 0 Å². The Morgan fingerprint density at radius 3 is 2.60 bits per heavy atom. The van der Waals surface area contributed by atoms with Crippen molar-refractivity contribution >= 4 is 10.1 Å². The molecule has 0 aromatic heterocycles. The summed E-state index contributed by atoms with van der Waals surface area (Å²) in [6, 6.07) is 0. The van der Waals surface area contributed by atoms with Gasteiger partial charge in [-0.2, -0.15) is 8.42 Å². The van der Waals surface area contributed by atoms with Crippen molar-refractivity contribution in [3.05, 3.63) is 0 Å². The molecule has 1 heterocycles. The first-order valence-electron chi connectivity index (χ1n) is 5.79. The Balaban J connectivity index is 2.08. The average Bonchev–Trinajstić information content (AvgIpc) is 2.69. The smallest absolute Gasteiger partial charge is 0.266 e. The largest absolute Gasteiger partial charge is 0.270 e. The van der Waals surface area contributed by atoms with E-state index in [1.165, 1.54) is 0 Å². The molecule has 2 bridgehead atoms. The fourth-order valence-corrected chi connectivity index (χ4v) is 6.01. The van der Waals surface area contributed by atoms with Crippen molar-refractivity contribution in [2.24, 2.45) is 23.2 Å². The minimum absolute atomic E-state index is 0.0359. The quantitative estimate of drug-likeness (QED) is 0.645. The third-order valence-corrected chi connectivity index (χ3v) is 7.04. The Morgan fingerprint density at radius 1 is 1.33 bits per heavy atom. The third-order valence-electron chi connectivity index (χ3n) is 5.29. The van der Waals surface area contributed by atoms with Crippen LogP contribution in [0.4, 0.5) is 0 Å². The molecule has 86 valence electrons. The summed E-state index contributed by atoms with van der Waals surface area (Å²) in [7, 11) is -3.24. The molecule has 2 saturated carbocycles. The molecule has 3 rings (SSSR count). The van der Waals surface area contributed by atoms with Crippen molar-refractivity contribution in [2.45, 2.75) is 45.0 Å². The lowest BCUT2D eigenvalue weighted by Crippen LogP contribution is -2.42. The normalized spacial score (nSPS) is 55.5. The van der Waals surface area contributed by atoms with Crippen molar-refractivity contribution in [1.82, 2.24) is 0 Å². The molecule has 1 aliphatic heterocycles. The van der Waals surface area contributed by atoms with Crippen LogP contribution in [0.2, 0.25) is 0 Å². The average molecular weight is 230 g/mol. The Morgan fingerprint density at radius 2 is 2.00 bits per heavy atom. The zero-order chi connectivity index (χ0) is 11.0. The van der Waals surface area contributed by atoms with Crippen LogP contribution in [0.1, 0.15) is 33.6 Å². The molecule has 0 amide bonds. The topological polar surface area (TPSA) is 43.4 Å². The molecular formula is C11H18O3S. The first-order valence-corrected chi connectivity index (χ1v) is 7.26. The molecule has 0 aromatic carbocycles. The van der Waals surface area contributed by atoms with Gasteiger partial charge in [-0.3, -0.25) is 4.18 Å². The lowest BCUT2D eigenvalue weighted by Gasteiger charge is -2.40. The minimum Gasteiger partial charge on any atom is -0.266 e. The molecule has 5 atom stereocenters. The molecule has 0 radical (unpaired) electrons. The predicted octanol–water partition coefficient (Wildman–Crippen LogP) is 1.79. The number of hydrogen-bond acceptors (Lipinski definition) is 3. The maximum atomic E-state index is 11.8. The number of fused-ring (bicyclic) bond motifs is 1. The van der Waals surface area contributed by atoms with Gasteiger partial charge in [0.05, 0.1) is 11.4 Å². The molecule has 5 unspecified atom stereocenters. The van der Waals surface area contributed by atoms with Gasteiger partial charge in [-0.25, -0.2) is 0 Å². The van der Waals surface area contributed by atoms with E-state index in [0.29, 0.717) is 11.8 Å². The Bertz CT molecular complexity index is 400. The van der Waals surface area contributed by atoms with Crippen LogP contribution in [-0.4, -0.2) is 19.8 Å². The second-order valence-corrected chi connectivity index (χ2v) is 7.68. The van der Waals surface area contributed by atoms with Crippen LogP contribution in [0.25, 0.3) is 0 Å². The summed E-state index contributed by atoms with van der Waals surface area (Å²) in [5, 5.41) is -0.181. The molecule has 15 heavy (non-hydrogen) atoms. The molecule has 4 heteroatoms. The van der Waals surface area contributed by atoms with Gasteiger partial charge in [0, 0.05) is 11.3 Å². The molecular weight excluding hydrogens is 212 g/mol. The summed E-state index contributed by atoms with van der Waals surface area (Å²) in [6.07, 6.45) is 1.85. The molecule has 3 nitrogen and oxygen atoms in total. The van der Waals surface area contributed by atoms with Crippen molar-refractivity contribution in [2.75, 3.05) is 0 Å². The summed E-state index contributed by atoms with van der Waals surface area (Å²) in [5.41, 5.74) is 0.0741. The summed E-state index contributed by atoms with van der Waals surface area (Å²) >= 11 is 0. The van der Waals surface area contributed by atoms with Crippen molar-refractivity contribution in [3.8, 4) is 0 Å². The monoisotopic (exact) mass is 230 g/mol. The van der Waals surface area contributed by atoms with E-state index < -0.39 is 10.1 Å². The highest BCUT2D eigenvalue weighted by molar-refractivity contribution is 7.87. The number of rotatable bonds is 1. The summed E-state index contributed by atoms with van der Waals surface area (Å²) in [6.45, 7) is 6.58. The Hall–Kier alpha value is -0.0900. The molecule has 0 spiro atoms. The molecule has 1 saturated heterocycles. The fourth-order valence-electron chi connectivity index (χ4n) is 4.07. The van der Waals surface area contributed by atoms with Gasteiger partial charge in [-0.15, -0.1) is 0 Å². The standard InChI is InChI=1S/C11H18O3S/c1-6(2)11(3)7-4-8-9(5-7)15(12,13)14-10(8)11/h6-10H,4-5H2,1-3H3. The predicted molar refractivity (Wildman–Crippen MR) is 56.7 cm³/mol. The third kappa shape index (κ3) is 0.978. The molecule has 3 fully saturated rings. The Labute approximate surface area is 91.3 Å². The lowest BCUT2D eigenvalue weighted by molar-refractivity contribution is 0.00691. The van der Waals surface area contributed by atoms with Gasteiger partial charge in [-0.1, -0.05) is 20.8 Å². The SMILES string of the molecule is CC(C)C1(C)C2CC3C1OS(=O)(=O)C3C2. The molecule has 2 aliphatic carbocycles. The zero-order valence-electron chi connectivity index (χ0n) is 9.43. The lowest BCUT2D eigenvalue weighted by atomic mass is 9.66. The van der Waals surface area contributed by atoms with Crippen LogP contribution >= 0.6 is 0 Å². The van der Waals surface area contributed by atoms with E-state index >= 15 is 0 Å². The van der Waals surface area contributed by atoms with Crippen LogP contribution in [0.15, 0.2) is 0 Å². The maximum Gasteiger partial charge on any atom is 0.270 e. The van der Waals surface area contributed by atoms with E-state index in [9.17, 15) is 8.42 Å². The maximum absolute atomic E-state index is 11.8. The molecule has 0 aromatic rings. The van der Waals surface area contributed by atoms with Gasteiger partial charge >= 0.3 is 0 Å². The van der Waals surface area contributed by atoms with E-state index in [1.54, 1.807) is 0 Å². The van der Waals surface area contributed by atoms with E-state index in [-0.39, 0.29) is 22.7 Å². The minimum atomic E-state index is -3.24. The van der Waals surface area contributed by atoms with Crippen LogP contribution in [-0.2, 0) is 14.3 Å². The molecule has 0 N–H and O–H groups in total. The van der Waals surface area contributed by atoms with E-state index in [1.807, 2.05) is 0 Å². The summed E-state index contributed by atoms with van der Waals surface area (Å²) in [4.78, 5) is 0. The van der Waals surface area contributed by atoms with Crippen molar-refractivity contribution < 1.29 is 12.6 Å². The van der Waals surface area contributed by atoms with Gasteiger partial charge in [-0.05, 0) is 24.7 Å². The van der Waals surface area contributed by atoms with Gasteiger partial charge in [0.1, 0.15) is 0 Å². The van der Waals surface area contributed by atoms with E-state index in [2.05, 4.69) is 20.8 Å². The van der Waals surface area contributed by atoms with Crippen LogP contribution in [0, 0.1) is 23.2 Å². The van der Waals surface area contributed by atoms with Crippen molar-refractivity contribution in [1.29, 1.82) is 0 Å². The van der Waals surface area contributed by atoms with Crippen LogP contribution < -0.4 is 0 Å². The first-order chi connectivity index (χ1) is 6.87. The second kappa shape index (κ2) is 2.59. The highest BCUT2D eigenvalue weighted by Gasteiger charge is 2.69. The van der Waals surface area contributed by atoms with Crippen molar-refractivity contribution in [3.63, 3.8) is 0 Å². The first kappa shape index (κ1) is 10.1. The fraction of sp³-hybridized carbons (Fsp3) is 1.00. The highest BCUT2D eigenvalue weighted by atomic mass is 32.2. The van der Waals surface area contributed by atoms with E-state index in [0.717, 1.165) is 12.8 Å².